The number of carbonyl (C=O) groups is 3. The Morgan fingerprint density at radius 1 is 1.00 bits per heavy atom. The van der Waals surface area contributed by atoms with E-state index < -0.39 is 17.5 Å². The number of nitrogens with zero attached hydrogens (tertiary/aromatic N) is 1. The third-order valence-electron chi connectivity index (χ3n) is 6.45. The molecule has 0 radical (unpaired) electrons. The lowest BCUT2D eigenvalue weighted by molar-refractivity contribution is -0.165. The molecule has 1 N–H and O–H groups in total. The Morgan fingerprint density at radius 3 is 2.37 bits per heavy atom. The first-order valence-corrected chi connectivity index (χ1v) is 11.4. The van der Waals surface area contributed by atoms with Gasteiger partial charge in [0.15, 0.2) is 0 Å². The molecule has 176 valence electrons. The predicted octanol–water partition coefficient (Wildman–Crippen LogP) is 4.05. The molecular formula is C28H24N2O5. The standard InChI is InChI=1S/C28H24N2O5/c1-3-30-23-12-8-7-11-22(23)28(27(30)33)17-21(18-13-15-20(34-2)16-14-18)24(26(32)35-28)29-25(31)19-9-5-4-6-10-19/h4-16H,3,17H2,1-2H3,(H,29,31)/t28-/m1/s1. The molecule has 2 amide bonds. The van der Waals surface area contributed by atoms with Crippen LogP contribution in [0, 0.1) is 0 Å². The van der Waals surface area contributed by atoms with E-state index in [0.717, 1.165) is 5.69 Å². The van der Waals surface area contributed by atoms with Gasteiger partial charge in [0.25, 0.3) is 11.8 Å². The molecule has 7 heteroatoms. The fraction of sp³-hybridized carbons (Fsp3) is 0.179. The zero-order valence-electron chi connectivity index (χ0n) is 19.4. The lowest BCUT2D eigenvalue weighted by Crippen LogP contribution is -2.48. The fourth-order valence-electron chi connectivity index (χ4n) is 4.72. The van der Waals surface area contributed by atoms with Crippen molar-refractivity contribution in [2.45, 2.75) is 18.9 Å². The summed E-state index contributed by atoms with van der Waals surface area (Å²) in [6.07, 6.45) is 0.0851. The van der Waals surface area contributed by atoms with E-state index in [-0.39, 0.29) is 18.0 Å². The van der Waals surface area contributed by atoms with Crippen molar-refractivity contribution < 1.29 is 23.9 Å². The predicted molar refractivity (Wildman–Crippen MR) is 131 cm³/mol. The summed E-state index contributed by atoms with van der Waals surface area (Å²) in [4.78, 5) is 41.7. The minimum atomic E-state index is -1.50. The van der Waals surface area contributed by atoms with Gasteiger partial charge in [0.1, 0.15) is 11.4 Å². The van der Waals surface area contributed by atoms with Gasteiger partial charge in [-0.2, -0.15) is 0 Å². The summed E-state index contributed by atoms with van der Waals surface area (Å²) in [7, 11) is 1.57. The van der Waals surface area contributed by atoms with E-state index in [2.05, 4.69) is 5.32 Å². The van der Waals surface area contributed by atoms with Crippen molar-refractivity contribution in [3.05, 3.63) is 101 Å². The quantitative estimate of drug-likeness (QED) is 0.571. The zero-order valence-corrected chi connectivity index (χ0v) is 19.4. The van der Waals surface area contributed by atoms with E-state index in [1.807, 2.05) is 31.2 Å². The van der Waals surface area contributed by atoms with Gasteiger partial charge >= 0.3 is 5.97 Å². The Hall–Kier alpha value is -4.39. The SMILES string of the molecule is CCN1C(=O)[C@@]2(CC(c3ccc(OC)cc3)=C(NC(=O)c3ccccc3)C(=O)O2)c2ccccc21. The molecule has 5 rings (SSSR count). The minimum Gasteiger partial charge on any atom is -0.497 e. The summed E-state index contributed by atoms with van der Waals surface area (Å²) < 4.78 is 11.2. The molecule has 0 bridgehead atoms. The van der Waals surface area contributed by atoms with Crippen LogP contribution in [0.5, 0.6) is 5.75 Å². The summed E-state index contributed by atoms with van der Waals surface area (Å²) in [5.41, 5.74) is 1.49. The highest BCUT2D eigenvalue weighted by Crippen LogP contribution is 2.50. The molecule has 3 aromatic rings. The number of hydrogen-bond acceptors (Lipinski definition) is 5. The van der Waals surface area contributed by atoms with Crippen molar-refractivity contribution in [3.8, 4) is 5.75 Å². The first-order chi connectivity index (χ1) is 17.0. The van der Waals surface area contributed by atoms with Crippen LogP contribution in [0.25, 0.3) is 5.57 Å². The van der Waals surface area contributed by atoms with E-state index in [1.165, 1.54) is 0 Å². The van der Waals surface area contributed by atoms with Gasteiger partial charge in [-0.3, -0.25) is 9.59 Å². The summed E-state index contributed by atoms with van der Waals surface area (Å²) in [5, 5.41) is 2.74. The van der Waals surface area contributed by atoms with Crippen molar-refractivity contribution in [3.63, 3.8) is 0 Å². The van der Waals surface area contributed by atoms with Crippen molar-refractivity contribution >= 4 is 29.0 Å². The number of amides is 2. The van der Waals surface area contributed by atoms with Gasteiger partial charge in [-0.15, -0.1) is 0 Å². The van der Waals surface area contributed by atoms with E-state index in [0.29, 0.717) is 34.6 Å². The number of nitrogens with one attached hydrogen (secondary N) is 1. The fourth-order valence-corrected chi connectivity index (χ4v) is 4.72. The van der Waals surface area contributed by atoms with Crippen LogP contribution in [0.1, 0.15) is 34.8 Å². The Kier molecular flexibility index (Phi) is 5.61. The molecule has 0 aromatic heterocycles. The van der Waals surface area contributed by atoms with Crippen LogP contribution in [0.3, 0.4) is 0 Å². The van der Waals surface area contributed by atoms with E-state index in [4.69, 9.17) is 9.47 Å². The molecule has 0 aliphatic carbocycles. The highest BCUT2D eigenvalue weighted by Gasteiger charge is 2.57. The molecule has 0 saturated heterocycles. The van der Waals surface area contributed by atoms with Crippen LogP contribution < -0.4 is 15.0 Å². The molecule has 7 nitrogen and oxygen atoms in total. The van der Waals surface area contributed by atoms with E-state index >= 15 is 0 Å². The summed E-state index contributed by atoms with van der Waals surface area (Å²) in [6, 6.07) is 23.1. The van der Waals surface area contributed by atoms with Crippen LogP contribution >= 0.6 is 0 Å². The van der Waals surface area contributed by atoms with Crippen molar-refractivity contribution in [2.75, 3.05) is 18.6 Å². The molecule has 3 aromatic carbocycles. The topological polar surface area (TPSA) is 84.9 Å². The zero-order chi connectivity index (χ0) is 24.6. The number of rotatable bonds is 5. The maximum absolute atomic E-state index is 13.7. The molecule has 2 aliphatic heterocycles. The normalized spacial score (nSPS) is 19.0. The summed E-state index contributed by atoms with van der Waals surface area (Å²) in [5.74, 6) is -0.842. The van der Waals surface area contributed by atoms with Crippen LogP contribution in [0.2, 0.25) is 0 Å². The van der Waals surface area contributed by atoms with Gasteiger partial charge in [0.2, 0.25) is 5.60 Å². The minimum absolute atomic E-state index is 0.0230. The molecular weight excluding hydrogens is 444 g/mol. The second-order valence-corrected chi connectivity index (χ2v) is 8.36. The molecule has 1 atom stereocenters. The lowest BCUT2D eigenvalue weighted by Gasteiger charge is -2.35. The molecule has 0 fully saturated rings. The van der Waals surface area contributed by atoms with Crippen LogP contribution in [-0.2, 0) is 19.9 Å². The Balaban J connectivity index is 1.64. The van der Waals surface area contributed by atoms with Crippen LogP contribution in [0.15, 0.2) is 84.6 Å². The van der Waals surface area contributed by atoms with Gasteiger partial charge in [-0.25, -0.2) is 4.79 Å². The van der Waals surface area contributed by atoms with Crippen molar-refractivity contribution in [1.29, 1.82) is 0 Å². The Morgan fingerprint density at radius 2 is 1.69 bits per heavy atom. The van der Waals surface area contributed by atoms with Gasteiger partial charge in [-0.05, 0) is 48.4 Å². The third kappa shape index (κ3) is 3.65. The molecule has 35 heavy (non-hydrogen) atoms. The summed E-state index contributed by atoms with van der Waals surface area (Å²) in [6.45, 7) is 2.32. The number of anilines is 1. The number of carbonyl (C=O) groups excluding carboxylic acids is 3. The summed E-state index contributed by atoms with van der Waals surface area (Å²) >= 11 is 0. The highest BCUT2D eigenvalue weighted by atomic mass is 16.6. The average molecular weight is 469 g/mol. The maximum Gasteiger partial charge on any atom is 0.356 e. The van der Waals surface area contributed by atoms with Crippen LogP contribution in [-0.4, -0.2) is 31.4 Å². The first-order valence-electron chi connectivity index (χ1n) is 11.4. The number of methoxy groups -OCH3 is 1. The molecule has 0 saturated carbocycles. The second-order valence-electron chi connectivity index (χ2n) is 8.36. The largest absolute Gasteiger partial charge is 0.497 e. The second kappa shape index (κ2) is 8.76. The maximum atomic E-state index is 13.7. The molecule has 1 spiro atoms. The van der Waals surface area contributed by atoms with Gasteiger partial charge < -0.3 is 19.7 Å². The number of hydrogen-bond donors (Lipinski definition) is 1. The number of likely N-dealkylation sites (N-methyl/N-ethyl adjacent to an activating group) is 1. The van der Waals surface area contributed by atoms with Crippen molar-refractivity contribution in [2.24, 2.45) is 0 Å². The number of fused-ring (bicyclic) bond motifs is 2. The van der Waals surface area contributed by atoms with Gasteiger partial charge in [-0.1, -0.05) is 48.5 Å². The highest BCUT2D eigenvalue weighted by molar-refractivity contribution is 6.13. The van der Waals surface area contributed by atoms with E-state index in [9.17, 15) is 14.4 Å². The number of esters is 1. The first kappa shape index (κ1) is 22.4. The van der Waals surface area contributed by atoms with Gasteiger partial charge in [0, 0.05) is 24.1 Å². The lowest BCUT2D eigenvalue weighted by atomic mass is 9.82. The number of ether oxygens (including phenoxy) is 2. The van der Waals surface area contributed by atoms with Crippen LogP contribution in [0.4, 0.5) is 5.69 Å². The van der Waals surface area contributed by atoms with Gasteiger partial charge in [0.05, 0.1) is 12.8 Å². The molecule has 0 unspecified atom stereocenters. The molecule has 2 heterocycles. The Labute approximate surface area is 203 Å². The molecule has 2 aliphatic rings. The van der Waals surface area contributed by atoms with Crippen molar-refractivity contribution in [1.82, 2.24) is 5.32 Å². The Bertz CT molecular complexity index is 1350. The monoisotopic (exact) mass is 468 g/mol. The van der Waals surface area contributed by atoms with E-state index in [1.54, 1.807) is 66.6 Å². The number of para-hydroxylation sites is 1. The smallest absolute Gasteiger partial charge is 0.356 e. The third-order valence-corrected chi connectivity index (χ3v) is 6.45. The number of benzene rings is 3. The average Bonchev–Trinajstić information content (AvgIpc) is 3.12.